The van der Waals surface area contributed by atoms with E-state index in [0.717, 1.165) is 24.0 Å². The molecule has 6 atom stereocenters. The highest BCUT2D eigenvalue weighted by molar-refractivity contribution is 5.94. The van der Waals surface area contributed by atoms with E-state index in [2.05, 4.69) is 50.2 Å². The minimum atomic E-state index is -0.583. The molecule has 3 saturated carbocycles. The van der Waals surface area contributed by atoms with Crippen molar-refractivity contribution in [1.29, 1.82) is 0 Å². The zero-order chi connectivity index (χ0) is 27.8. The van der Waals surface area contributed by atoms with Gasteiger partial charge in [0, 0.05) is 22.7 Å². The van der Waals surface area contributed by atoms with Gasteiger partial charge in [-0.1, -0.05) is 85.6 Å². The monoisotopic (exact) mass is 530 g/mol. The van der Waals surface area contributed by atoms with Crippen LogP contribution in [0.2, 0.25) is 0 Å². The lowest BCUT2D eigenvalue weighted by Gasteiger charge is -2.64. The molecule has 0 spiro atoms. The van der Waals surface area contributed by atoms with Crippen LogP contribution < -0.4 is 0 Å². The number of fused-ring (bicyclic) bond motifs is 2. The van der Waals surface area contributed by atoms with Gasteiger partial charge in [0.25, 0.3) is 0 Å². The van der Waals surface area contributed by atoms with Crippen molar-refractivity contribution in [3.8, 4) is 0 Å². The Kier molecular flexibility index (Phi) is 5.51. The fourth-order valence-electron chi connectivity index (χ4n) is 8.07. The van der Waals surface area contributed by atoms with E-state index in [-0.39, 0.29) is 23.8 Å². The molecule has 40 heavy (non-hydrogen) atoms. The Hall–Kier alpha value is -3.92. The van der Waals surface area contributed by atoms with Crippen molar-refractivity contribution >= 4 is 22.7 Å². The highest BCUT2D eigenvalue weighted by Gasteiger charge is 2.70. The summed E-state index contributed by atoms with van der Waals surface area (Å²) < 4.78 is 12.9. The number of rotatable bonds is 4. The summed E-state index contributed by atoms with van der Waals surface area (Å²) in [6, 6.07) is 28.1. The lowest BCUT2D eigenvalue weighted by Crippen LogP contribution is -2.66. The topological polar surface area (TPSA) is 52.6 Å². The zero-order valence-electron chi connectivity index (χ0n) is 23.4. The van der Waals surface area contributed by atoms with Crippen LogP contribution in [0, 0.1) is 24.7 Å². The van der Waals surface area contributed by atoms with E-state index >= 15 is 0 Å². The minimum Gasteiger partial charge on any atom is -0.454 e. The summed E-state index contributed by atoms with van der Waals surface area (Å²) in [6.45, 7) is 8.48. The van der Waals surface area contributed by atoms with E-state index in [4.69, 9.17) is 9.47 Å². The van der Waals surface area contributed by atoms with Gasteiger partial charge in [-0.05, 0) is 72.9 Å². The van der Waals surface area contributed by atoms with Crippen molar-refractivity contribution in [3.05, 3.63) is 118 Å². The molecule has 0 aliphatic heterocycles. The molecule has 4 aliphatic rings. The van der Waals surface area contributed by atoms with Gasteiger partial charge in [0.1, 0.15) is 12.2 Å². The Morgan fingerprint density at radius 1 is 0.625 bits per heavy atom. The van der Waals surface area contributed by atoms with E-state index in [9.17, 15) is 9.59 Å². The van der Waals surface area contributed by atoms with Crippen molar-refractivity contribution in [2.24, 2.45) is 10.8 Å². The molecule has 4 aromatic rings. The Balaban J connectivity index is 1.35. The summed E-state index contributed by atoms with van der Waals surface area (Å²) in [5.41, 5.74) is 5.02. The second-order valence-electron chi connectivity index (χ2n) is 12.6. The number of ether oxygens (including phenoxy) is 2. The van der Waals surface area contributed by atoms with Gasteiger partial charge < -0.3 is 9.47 Å². The first-order chi connectivity index (χ1) is 19.2. The van der Waals surface area contributed by atoms with Crippen molar-refractivity contribution in [2.75, 3.05) is 0 Å². The van der Waals surface area contributed by atoms with Crippen LogP contribution in [-0.2, 0) is 9.47 Å². The van der Waals surface area contributed by atoms with Crippen molar-refractivity contribution < 1.29 is 19.1 Å². The Morgan fingerprint density at radius 3 is 1.43 bits per heavy atom. The standard InChI is InChI=1S/C36H34O4/c1-21-11-15-24(16-12-21)33(37)39-31-32(40-34(38)25-17-13-22(2)14-18-25)36(4)20-19-35(31,3)29-26-9-5-7-23-8-6-10-27(28(23)26)30(29)36/h5-18,29-32H,19-20H2,1-4H3. The normalized spacial score (nSPS) is 29.7. The van der Waals surface area contributed by atoms with Gasteiger partial charge in [0.15, 0.2) is 0 Å². The summed E-state index contributed by atoms with van der Waals surface area (Å²) in [5, 5.41) is 2.55. The molecule has 4 aliphatic carbocycles. The zero-order valence-corrected chi connectivity index (χ0v) is 23.4. The lowest BCUT2D eigenvalue weighted by atomic mass is 9.43. The third-order valence-electron chi connectivity index (χ3n) is 10.2. The fourth-order valence-corrected chi connectivity index (χ4v) is 8.07. The third kappa shape index (κ3) is 3.51. The molecule has 0 amide bonds. The number of benzene rings is 4. The number of carbonyl (C=O) groups excluding carboxylic acids is 2. The van der Waals surface area contributed by atoms with Crippen molar-refractivity contribution in [2.45, 2.75) is 64.6 Å². The van der Waals surface area contributed by atoms with Crippen LogP contribution in [0.1, 0.15) is 81.5 Å². The molecule has 0 radical (unpaired) electrons. The predicted molar refractivity (Wildman–Crippen MR) is 156 cm³/mol. The summed E-state index contributed by atoms with van der Waals surface area (Å²) in [4.78, 5) is 27.2. The average Bonchev–Trinajstić information content (AvgIpc) is 3.31. The first-order valence-corrected chi connectivity index (χ1v) is 14.3. The van der Waals surface area contributed by atoms with E-state index in [1.807, 2.05) is 62.4 Å². The molecule has 3 fully saturated rings. The van der Waals surface area contributed by atoms with Gasteiger partial charge in [-0.2, -0.15) is 0 Å². The number of aryl methyl sites for hydroxylation is 2. The molecule has 0 saturated heterocycles. The number of esters is 2. The van der Waals surface area contributed by atoms with Gasteiger partial charge in [-0.15, -0.1) is 0 Å². The van der Waals surface area contributed by atoms with Crippen LogP contribution in [0.25, 0.3) is 10.8 Å². The molecular weight excluding hydrogens is 496 g/mol. The van der Waals surface area contributed by atoms with Crippen LogP contribution in [0.3, 0.4) is 0 Å². The smallest absolute Gasteiger partial charge is 0.338 e. The van der Waals surface area contributed by atoms with Crippen LogP contribution >= 0.6 is 0 Å². The van der Waals surface area contributed by atoms with Crippen LogP contribution in [0.15, 0.2) is 84.9 Å². The summed E-state index contributed by atoms with van der Waals surface area (Å²) in [7, 11) is 0. The van der Waals surface area contributed by atoms with E-state index in [0.29, 0.717) is 11.1 Å². The van der Waals surface area contributed by atoms with E-state index in [1.165, 1.54) is 21.9 Å². The van der Waals surface area contributed by atoms with E-state index < -0.39 is 23.0 Å². The SMILES string of the molecule is Cc1ccc(C(=O)OC2C(OC(=O)c3ccc(C)cc3)C3(C)CCC2(C)C2c4cccc5cccc(c45)C23)cc1. The molecule has 0 N–H and O–H groups in total. The maximum atomic E-state index is 13.6. The quantitative estimate of drug-likeness (QED) is 0.252. The average molecular weight is 531 g/mol. The molecule has 6 unspecified atom stereocenters. The molecule has 4 nitrogen and oxygen atoms in total. The van der Waals surface area contributed by atoms with Crippen molar-refractivity contribution in [1.82, 2.24) is 0 Å². The van der Waals surface area contributed by atoms with Gasteiger partial charge in [-0.3, -0.25) is 0 Å². The maximum absolute atomic E-state index is 13.6. The summed E-state index contributed by atoms with van der Waals surface area (Å²) >= 11 is 0. The fraction of sp³-hybridized carbons (Fsp3) is 0.333. The molecule has 2 bridgehead atoms. The van der Waals surface area contributed by atoms with Gasteiger partial charge in [0.05, 0.1) is 11.1 Å². The second kappa shape index (κ2) is 8.79. The van der Waals surface area contributed by atoms with E-state index in [1.54, 1.807) is 0 Å². The molecule has 202 valence electrons. The van der Waals surface area contributed by atoms with Crippen molar-refractivity contribution in [3.63, 3.8) is 0 Å². The highest BCUT2D eigenvalue weighted by atomic mass is 16.6. The molecule has 0 heterocycles. The number of carbonyl (C=O) groups is 2. The molecule has 4 aromatic carbocycles. The maximum Gasteiger partial charge on any atom is 0.338 e. The number of hydrogen-bond acceptors (Lipinski definition) is 4. The number of hydrogen-bond donors (Lipinski definition) is 0. The Morgan fingerprint density at radius 2 is 1.02 bits per heavy atom. The highest BCUT2D eigenvalue weighted by Crippen LogP contribution is 2.73. The van der Waals surface area contributed by atoms with Gasteiger partial charge in [0.2, 0.25) is 0 Å². The third-order valence-corrected chi connectivity index (χ3v) is 10.2. The Labute approximate surface area is 235 Å². The largest absolute Gasteiger partial charge is 0.454 e. The predicted octanol–water partition coefficient (Wildman–Crippen LogP) is 7.91. The Bertz CT molecular complexity index is 1530. The molecule has 0 aromatic heterocycles. The minimum absolute atomic E-state index is 0.164. The van der Waals surface area contributed by atoms with Crippen LogP contribution in [0.4, 0.5) is 0 Å². The summed E-state index contributed by atoms with van der Waals surface area (Å²) in [6.07, 6.45) is 0.611. The first kappa shape index (κ1) is 25.1. The second-order valence-corrected chi connectivity index (χ2v) is 12.6. The van der Waals surface area contributed by atoms with Crippen LogP contribution in [-0.4, -0.2) is 24.1 Å². The lowest BCUT2D eigenvalue weighted by molar-refractivity contribution is -0.210. The summed E-state index contributed by atoms with van der Waals surface area (Å²) in [5.74, 6) is -0.414. The molecular formula is C36H34O4. The van der Waals surface area contributed by atoms with Crippen LogP contribution in [0.5, 0.6) is 0 Å². The molecule has 4 heteroatoms. The first-order valence-electron chi connectivity index (χ1n) is 14.3. The van der Waals surface area contributed by atoms with Gasteiger partial charge >= 0.3 is 11.9 Å². The van der Waals surface area contributed by atoms with Gasteiger partial charge in [-0.25, -0.2) is 9.59 Å². The molecule has 8 rings (SSSR count).